The molecule has 1 fully saturated rings. The van der Waals surface area contributed by atoms with Crippen LogP contribution in [-0.2, 0) is 19.3 Å². The van der Waals surface area contributed by atoms with Gasteiger partial charge in [0.25, 0.3) is 0 Å². The molecule has 0 aromatic heterocycles. The van der Waals surface area contributed by atoms with Gasteiger partial charge in [0.1, 0.15) is 12.2 Å². The van der Waals surface area contributed by atoms with Crippen molar-refractivity contribution < 1.29 is 19.3 Å². The molecular formula is C11H16N2O4S. The molecule has 1 heterocycles. The molecule has 0 spiro atoms. The predicted molar refractivity (Wildman–Crippen MR) is 68.1 cm³/mol. The van der Waals surface area contributed by atoms with E-state index in [1.165, 1.54) is 12.8 Å². The Morgan fingerprint density at radius 1 is 1.00 bits per heavy atom. The lowest BCUT2D eigenvalue weighted by atomic mass is 10.2. The fourth-order valence-electron chi connectivity index (χ4n) is 1.75. The first-order valence-electron chi connectivity index (χ1n) is 5.66. The Hall–Kier alpha value is -0.830. The van der Waals surface area contributed by atoms with Crippen LogP contribution in [0.15, 0.2) is 30.3 Å². The van der Waals surface area contributed by atoms with E-state index < -0.39 is 0 Å². The number of hydrogen-bond donors (Lipinski definition) is 0. The van der Waals surface area contributed by atoms with Crippen molar-refractivity contribution in [1.82, 2.24) is 4.31 Å². The van der Waals surface area contributed by atoms with Gasteiger partial charge in [-0.1, -0.05) is 18.2 Å². The molecule has 0 unspecified atom stereocenters. The molecule has 1 saturated heterocycles. The zero-order chi connectivity index (χ0) is 12.6. The van der Waals surface area contributed by atoms with Crippen molar-refractivity contribution in [1.29, 1.82) is 0 Å². The molecule has 1 aromatic carbocycles. The summed E-state index contributed by atoms with van der Waals surface area (Å²) in [5.74, 6) is 0. The standard InChI is InChI=1S/C11H16N2O4S/c1-14-15-16-17-18-13-9-7-12(8-10-13)11-5-3-2-4-6-11/h2-6H,7-10H2,1H3. The van der Waals surface area contributed by atoms with Gasteiger partial charge in [0.05, 0.1) is 7.11 Å². The van der Waals surface area contributed by atoms with Crippen molar-refractivity contribution in [2.45, 2.75) is 0 Å². The van der Waals surface area contributed by atoms with Gasteiger partial charge in [0, 0.05) is 31.9 Å². The van der Waals surface area contributed by atoms with Crippen LogP contribution < -0.4 is 4.90 Å². The van der Waals surface area contributed by atoms with Gasteiger partial charge in [0.2, 0.25) is 0 Å². The quantitative estimate of drug-likeness (QED) is 0.257. The molecule has 1 aliphatic heterocycles. The summed E-state index contributed by atoms with van der Waals surface area (Å²) in [5.41, 5.74) is 1.25. The third-order valence-corrected chi connectivity index (χ3v) is 3.31. The summed E-state index contributed by atoms with van der Waals surface area (Å²) >= 11 is 1.11. The predicted octanol–water partition coefficient (Wildman–Crippen LogP) is 1.81. The highest BCUT2D eigenvalue weighted by atomic mass is 32.2. The van der Waals surface area contributed by atoms with Crippen molar-refractivity contribution in [3.8, 4) is 0 Å². The molecule has 0 saturated carbocycles. The summed E-state index contributed by atoms with van der Waals surface area (Å²) in [4.78, 5) is 6.56. The Balaban J connectivity index is 1.68. The molecule has 0 N–H and O–H groups in total. The second kappa shape index (κ2) is 7.57. The molecule has 0 amide bonds. The molecule has 18 heavy (non-hydrogen) atoms. The van der Waals surface area contributed by atoms with Gasteiger partial charge in [-0.15, -0.1) is 4.33 Å². The smallest absolute Gasteiger partial charge is 0.124 e. The highest BCUT2D eigenvalue weighted by Gasteiger charge is 2.18. The monoisotopic (exact) mass is 272 g/mol. The third-order valence-electron chi connectivity index (χ3n) is 2.62. The number of piperazine rings is 1. The minimum absolute atomic E-state index is 0.885. The van der Waals surface area contributed by atoms with E-state index in [4.69, 9.17) is 4.33 Å². The van der Waals surface area contributed by atoms with Crippen molar-refractivity contribution in [3.05, 3.63) is 30.3 Å². The Bertz CT molecular complexity index is 333. The Morgan fingerprint density at radius 3 is 2.39 bits per heavy atom. The fraction of sp³-hybridized carbons (Fsp3) is 0.455. The maximum atomic E-state index is 4.73. The summed E-state index contributed by atoms with van der Waals surface area (Å²) in [6.45, 7) is 3.67. The molecule has 0 bridgehead atoms. The summed E-state index contributed by atoms with van der Waals surface area (Å²) in [5, 5.41) is 8.42. The van der Waals surface area contributed by atoms with Crippen LogP contribution in [0, 0.1) is 0 Å². The van der Waals surface area contributed by atoms with E-state index in [0.717, 1.165) is 38.4 Å². The number of hydrogen-bond acceptors (Lipinski definition) is 7. The summed E-state index contributed by atoms with van der Waals surface area (Å²) < 4.78 is 6.79. The molecule has 1 aromatic rings. The lowest BCUT2D eigenvalue weighted by Crippen LogP contribution is -2.43. The summed E-state index contributed by atoms with van der Waals surface area (Å²) in [7, 11) is 1.34. The molecular weight excluding hydrogens is 256 g/mol. The highest BCUT2D eigenvalue weighted by molar-refractivity contribution is 7.92. The van der Waals surface area contributed by atoms with E-state index in [9.17, 15) is 0 Å². The van der Waals surface area contributed by atoms with Crippen molar-refractivity contribution in [2.24, 2.45) is 0 Å². The van der Waals surface area contributed by atoms with Crippen molar-refractivity contribution >= 4 is 17.9 Å². The van der Waals surface area contributed by atoms with Crippen LogP contribution in [-0.4, -0.2) is 37.6 Å². The first kappa shape index (κ1) is 13.6. The molecule has 0 atom stereocenters. The van der Waals surface area contributed by atoms with E-state index in [0.29, 0.717) is 0 Å². The largest absolute Gasteiger partial charge is 0.369 e. The highest BCUT2D eigenvalue weighted by Crippen LogP contribution is 2.19. The van der Waals surface area contributed by atoms with Crippen molar-refractivity contribution in [2.75, 3.05) is 38.2 Å². The molecule has 0 radical (unpaired) electrons. The number of para-hydroxylation sites is 1. The SMILES string of the molecule is COOOOSN1CCN(c2ccccc2)CC1. The topological polar surface area (TPSA) is 43.4 Å². The zero-order valence-corrected chi connectivity index (χ0v) is 11.0. The average Bonchev–Trinajstić information content (AvgIpc) is 2.45. The van der Waals surface area contributed by atoms with Gasteiger partial charge in [-0.3, -0.25) is 0 Å². The lowest BCUT2D eigenvalue weighted by Gasteiger charge is -2.34. The Morgan fingerprint density at radius 2 is 1.72 bits per heavy atom. The van der Waals surface area contributed by atoms with E-state index >= 15 is 0 Å². The average molecular weight is 272 g/mol. The van der Waals surface area contributed by atoms with E-state index in [1.54, 1.807) is 0 Å². The maximum Gasteiger partial charge on any atom is 0.124 e. The minimum atomic E-state index is 0.885. The Labute approximate surface area is 110 Å². The minimum Gasteiger partial charge on any atom is -0.369 e. The molecule has 100 valence electrons. The van der Waals surface area contributed by atoms with Crippen LogP contribution in [0.3, 0.4) is 0 Å². The van der Waals surface area contributed by atoms with Crippen LogP contribution in [0.1, 0.15) is 0 Å². The molecule has 7 heteroatoms. The second-order valence-electron chi connectivity index (χ2n) is 3.70. The number of benzene rings is 1. The third kappa shape index (κ3) is 4.13. The van der Waals surface area contributed by atoms with Gasteiger partial charge < -0.3 is 4.90 Å². The van der Waals surface area contributed by atoms with Gasteiger partial charge >= 0.3 is 0 Å². The number of rotatable bonds is 6. The summed E-state index contributed by atoms with van der Waals surface area (Å²) in [6.07, 6.45) is 0. The van der Waals surface area contributed by atoms with Crippen LogP contribution in [0.4, 0.5) is 5.69 Å². The van der Waals surface area contributed by atoms with Crippen LogP contribution in [0.2, 0.25) is 0 Å². The van der Waals surface area contributed by atoms with Crippen LogP contribution >= 0.6 is 12.2 Å². The molecule has 6 nitrogen and oxygen atoms in total. The van der Waals surface area contributed by atoms with Gasteiger partial charge in [-0.05, 0) is 22.2 Å². The van der Waals surface area contributed by atoms with Gasteiger partial charge in [0.15, 0.2) is 0 Å². The molecule has 0 aliphatic carbocycles. The fourth-order valence-corrected chi connectivity index (χ4v) is 2.20. The van der Waals surface area contributed by atoms with E-state index in [-0.39, 0.29) is 0 Å². The van der Waals surface area contributed by atoms with Crippen LogP contribution in [0.5, 0.6) is 0 Å². The summed E-state index contributed by atoms with van der Waals surface area (Å²) in [6, 6.07) is 10.4. The lowest BCUT2D eigenvalue weighted by molar-refractivity contribution is -0.598. The first-order chi connectivity index (χ1) is 8.90. The van der Waals surface area contributed by atoms with Gasteiger partial charge in [-0.2, -0.15) is 0 Å². The van der Waals surface area contributed by atoms with Gasteiger partial charge in [-0.25, -0.2) is 9.19 Å². The van der Waals surface area contributed by atoms with Crippen LogP contribution in [0.25, 0.3) is 0 Å². The van der Waals surface area contributed by atoms with Crippen molar-refractivity contribution in [3.63, 3.8) is 0 Å². The zero-order valence-electron chi connectivity index (χ0n) is 10.2. The molecule has 2 rings (SSSR count). The normalized spacial score (nSPS) is 17.1. The van der Waals surface area contributed by atoms with E-state index in [1.807, 2.05) is 6.07 Å². The first-order valence-corrected chi connectivity index (χ1v) is 6.36. The second-order valence-corrected chi connectivity index (χ2v) is 4.50. The number of nitrogens with zero attached hydrogens (tertiary/aromatic N) is 2. The number of anilines is 1. The van der Waals surface area contributed by atoms with E-state index in [2.05, 4.69) is 48.4 Å². The molecule has 1 aliphatic rings. The Kier molecular flexibility index (Phi) is 5.72. The maximum absolute atomic E-state index is 4.73.